The fourth-order valence-corrected chi connectivity index (χ4v) is 3.28. The second-order valence-corrected chi connectivity index (χ2v) is 6.20. The average molecular weight is 353 g/mol. The van der Waals surface area contributed by atoms with Crippen LogP contribution in [0.4, 0.5) is 5.69 Å². The molecule has 27 heavy (non-hydrogen) atoms. The molecule has 0 radical (unpaired) electrons. The summed E-state index contributed by atoms with van der Waals surface area (Å²) < 4.78 is 5.24. The Kier molecular flexibility index (Phi) is 4.58. The van der Waals surface area contributed by atoms with Gasteiger partial charge in [-0.05, 0) is 41.5 Å². The molecule has 1 aliphatic heterocycles. The first-order valence-corrected chi connectivity index (χ1v) is 8.79. The predicted octanol–water partition coefficient (Wildman–Crippen LogP) is 5.06. The van der Waals surface area contributed by atoms with E-state index in [0.717, 1.165) is 33.8 Å². The van der Waals surface area contributed by atoms with E-state index in [0.29, 0.717) is 0 Å². The summed E-state index contributed by atoms with van der Waals surface area (Å²) in [5.74, 6) is 0.703. The fourth-order valence-electron chi connectivity index (χ4n) is 3.28. The molecule has 0 aliphatic carbocycles. The minimum Gasteiger partial charge on any atom is -0.497 e. The summed E-state index contributed by atoms with van der Waals surface area (Å²) in [5, 5.41) is 0. The van der Waals surface area contributed by atoms with E-state index in [4.69, 9.17) is 4.74 Å². The Morgan fingerprint density at radius 2 is 1.30 bits per heavy atom. The van der Waals surface area contributed by atoms with Gasteiger partial charge in [-0.15, -0.1) is 0 Å². The van der Waals surface area contributed by atoms with Crippen molar-refractivity contribution in [3.8, 4) is 5.75 Å². The molecular formula is C24H19NO2. The van der Waals surface area contributed by atoms with Gasteiger partial charge < -0.3 is 4.74 Å². The lowest BCUT2D eigenvalue weighted by Crippen LogP contribution is -2.24. The average Bonchev–Trinajstić information content (AvgIpc) is 3.11. The van der Waals surface area contributed by atoms with Gasteiger partial charge in [-0.1, -0.05) is 60.7 Å². The lowest BCUT2D eigenvalue weighted by Gasteiger charge is -2.22. The Morgan fingerprint density at radius 3 is 1.81 bits per heavy atom. The molecule has 0 saturated heterocycles. The van der Waals surface area contributed by atoms with Crippen LogP contribution in [0.15, 0.2) is 103 Å². The first-order valence-electron chi connectivity index (χ1n) is 8.79. The normalized spacial score (nSPS) is 13.1. The van der Waals surface area contributed by atoms with Crippen molar-refractivity contribution in [3.05, 3.63) is 114 Å². The second-order valence-electron chi connectivity index (χ2n) is 6.20. The number of nitrogens with zero attached hydrogens (tertiary/aromatic N) is 1. The molecule has 0 fully saturated rings. The van der Waals surface area contributed by atoms with Crippen molar-refractivity contribution in [2.75, 3.05) is 12.0 Å². The molecule has 0 N–H and O–H groups in total. The van der Waals surface area contributed by atoms with Crippen LogP contribution < -0.4 is 9.64 Å². The number of anilines is 1. The highest BCUT2D eigenvalue weighted by Crippen LogP contribution is 2.35. The molecule has 4 rings (SSSR count). The van der Waals surface area contributed by atoms with Crippen molar-refractivity contribution in [2.45, 2.75) is 0 Å². The van der Waals surface area contributed by atoms with Crippen molar-refractivity contribution in [2.24, 2.45) is 0 Å². The topological polar surface area (TPSA) is 29.5 Å². The number of ether oxygens (including phenoxy) is 1. The molecule has 0 unspecified atom stereocenters. The van der Waals surface area contributed by atoms with E-state index in [-0.39, 0.29) is 5.91 Å². The van der Waals surface area contributed by atoms with Crippen LogP contribution in [-0.4, -0.2) is 13.0 Å². The third-order valence-electron chi connectivity index (χ3n) is 4.56. The molecule has 1 aliphatic rings. The van der Waals surface area contributed by atoms with E-state index >= 15 is 0 Å². The second kappa shape index (κ2) is 7.34. The van der Waals surface area contributed by atoms with Crippen LogP contribution in [0.3, 0.4) is 0 Å². The van der Waals surface area contributed by atoms with Crippen molar-refractivity contribution >= 4 is 17.2 Å². The van der Waals surface area contributed by atoms with Gasteiger partial charge in [-0.25, -0.2) is 0 Å². The van der Waals surface area contributed by atoms with Crippen LogP contribution in [0.2, 0.25) is 0 Å². The largest absolute Gasteiger partial charge is 0.497 e. The third kappa shape index (κ3) is 3.27. The molecule has 1 amide bonds. The van der Waals surface area contributed by atoms with Gasteiger partial charge in [0.25, 0.3) is 5.91 Å². The predicted molar refractivity (Wildman–Crippen MR) is 109 cm³/mol. The highest BCUT2D eigenvalue weighted by atomic mass is 16.5. The number of allylic oxidation sites excluding steroid dienone is 1. The van der Waals surface area contributed by atoms with Gasteiger partial charge in [0.1, 0.15) is 5.75 Å². The van der Waals surface area contributed by atoms with Gasteiger partial charge in [0.15, 0.2) is 0 Å². The van der Waals surface area contributed by atoms with E-state index in [9.17, 15) is 4.79 Å². The van der Waals surface area contributed by atoms with Crippen molar-refractivity contribution in [3.63, 3.8) is 0 Å². The first kappa shape index (κ1) is 16.9. The van der Waals surface area contributed by atoms with E-state index in [1.165, 1.54) is 0 Å². The van der Waals surface area contributed by atoms with Gasteiger partial charge in [0, 0.05) is 17.3 Å². The monoisotopic (exact) mass is 353 g/mol. The number of rotatable bonds is 4. The highest BCUT2D eigenvalue weighted by Gasteiger charge is 2.26. The number of hydrogen-bond acceptors (Lipinski definition) is 2. The lowest BCUT2D eigenvalue weighted by molar-refractivity contribution is -0.113. The Hall–Kier alpha value is -3.59. The Bertz CT molecular complexity index is 962. The number of carbonyl (C=O) groups excluding carboxylic acids is 1. The van der Waals surface area contributed by atoms with Gasteiger partial charge in [0.2, 0.25) is 0 Å². The summed E-state index contributed by atoms with van der Waals surface area (Å²) in [6, 6.07) is 27.8. The van der Waals surface area contributed by atoms with Crippen molar-refractivity contribution in [1.29, 1.82) is 0 Å². The molecular weight excluding hydrogens is 334 g/mol. The van der Waals surface area contributed by atoms with Crippen LogP contribution in [0.1, 0.15) is 11.1 Å². The number of carbonyl (C=O) groups is 1. The maximum Gasteiger partial charge on any atom is 0.255 e. The number of hydrogen-bond donors (Lipinski definition) is 0. The SMILES string of the molecule is COc1ccc(N2C(=O)C=CC2=C(c2ccccc2)c2ccccc2)cc1. The first-order chi connectivity index (χ1) is 13.3. The quantitative estimate of drug-likeness (QED) is 0.656. The fraction of sp³-hybridized carbons (Fsp3) is 0.0417. The maximum atomic E-state index is 12.7. The molecule has 132 valence electrons. The summed E-state index contributed by atoms with van der Waals surface area (Å²) in [4.78, 5) is 14.4. The van der Waals surface area contributed by atoms with Gasteiger partial charge in [-0.2, -0.15) is 0 Å². The number of amides is 1. The molecule has 0 atom stereocenters. The highest BCUT2D eigenvalue weighted by molar-refractivity contribution is 6.11. The van der Waals surface area contributed by atoms with E-state index in [1.807, 2.05) is 66.7 Å². The van der Waals surface area contributed by atoms with Crippen LogP contribution in [0.5, 0.6) is 5.75 Å². The molecule has 0 saturated carbocycles. The number of benzene rings is 3. The Morgan fingerprint density at radius 1 is 0.741 bits per heavy atom. The van der Waals surface area contributed by atoms with E-state index in [2.05, 4.69) is 24.3 Å². The summed E-state index contributed by atoms with van der Waals surface area (Å²) in [6.45, 7) is 0. The molecule has 1 heterocycles. The van der Waals surface area contributed by atoms with Gasteiger partial charge >= 0.3 is 0 Å². The summed E-state index contributed by atoms with van der Waals surface area (Å²) >= 11 is 0. The minimum atomic E-state index is -0.0560. The Labute approximate surface area is 158 Å². The van der Waals surface area contributed by atoms with Crippen LogP contribution >= 0.6 is 0 Å². The van der Waals surface area contributed by atoms with Crippen molar-refractivity contribution < 1.29 is 9.53 Å². The molecule has 0 aromatic heterocycles. The van der Waals surface area contributed by atoms with E-state index in [1.54, 1.807) is 18.1 Å². The standard InChI is InChI=1S/C24H19NO2/c1-27-21-14-12-20(13-15-21)25-22(16-17-23(25)26)24(18-8-4-2-5-9-18)19-10-6-3-7-11-19/h2-17H,1H3. The molecule has 0 bridgehead atoms. The van der Waals surface area contributed by atoms with Crippen LogP contribution in [0, 0.1) is 0 Å². The minimum absolute atomic E-state index is 0.0560. The summed E-state index contributed by atoms with van der Waals surface area (Å²) in [7, 11) is 1.63. The van der Waals surface area contributed by atoms with Crippen LogP contribution in [0.25, 0.3) is 5.57 Å². The number of methoxy groups -OCH3 is 1. The molecule has 0 spiro atoms. The zero-order valence-electron chi connectivity index (χ0n) is 15.0. The summed E-state index contributed by atoms with van der Waals surface area (Å²) in [6.07, 6.45) is 3.51. The third-order valence-corrected chi connectivity index (χ3v) is 4.56. The smallest absolute Gasteiger partial charge is 0.255 e. The molecule has 3 heteroatoms. The Balaban J connectivity index is 1.91. The maximum absolute atomic E-state index is 12.7. The molecule has 3 aromatic carbocycles. The lowest BCUT2D eigenvalue weighted by atomic mass is 9.95. The van der Waals surface area contributed by atoms with Gasteiger partial charge in [0.05, 0.1) is 12.8 Å². The zero-order valence-corrected chi connectivity index (χ0v) is 15.0. The van der Waals surface area contributed by atoms with Crippen molar-refractivity contribution in [1.82, 2.24) is 0 Å². The molecule has 3 aromatic rings. The van der Waals surface area contributed by atoms with Gasteiger partial charge in [-0.3, -0.25) is 9.69 Å². The van der Waals surface area contributed by atoms with Crippen LogP contribution in [-0.2, 0) is 4.79 Å². The molecule has 3 nitrogen and oxygen atoms in total. The van der Waals surface area contributed by atoms with E-state index < -0.39 is 0 Å². The zero-order chi connectivity index (χ0) is 18.6. The summed E-state index contributed by atoms with van der Waals surface area (Å²) in [5.41, 5.74) is 4.83.